The second-order valence-corrected chi connectivity index (χ2v) is 6.77. The SMILES string of the molecule is CCN(CC)c1ccc(NC(=O)C2CC2C(=O)Nc2ccc(F)cc2F)cc1. The predicted octanol–water partition coefficient (Wildman–Crippen LogP) is 4.02. The molecule has 0 aliphatic heterocycles. The molecule has 1 aliphatic carbocycles. The van der Waals surface area contributed by atoms with E-state index in [2.05, 4.69) is 29.4 Å². The van der Waals surface area contributed by atoms with Crippen LogP contribution in [0.1, 0.15) is 20.3 Å². The number of hydrogen-bond acceptors (Lipinski definition) is 3. The van der Waals surface area contributed by atoms with Crippen molar-refractivity contribution in [3.8, 4) is 0 Å². The van der Waals surface area contributed by atoms with Crippen molar-refractivity contribution in [1.29, 1.82) is 0 Å². The van der Waals surface area contributed by atoms with Crippen LogP contribution in [-0.2, 0) is 9.59 Å². The fourth-order valence-electron chi connectivity index (χ4n) is 3.17. The van der Waals surface area contributed by atoms with Gasteiger partial charge in [-0.15, -0.1) is 0 Å². The van der Waals surface area contributed by atoms with Gasteiger partial charge in [0, 0.05) is 30.5 Å². The van der Waals surface area contributed by atoms with Crippen LogP contribution < -0.4 is 15.5 Å². The largest absolute Gasteiger partial charge is 0.372 e. The fraction of sp³-hybridized carbons (Fsp3) is 0.333. The lowest BCUT2D eigenvalue weighted by Crippen LogP contribution is -2.22. The minimum atomic E-state index is -0.844. The Morgan fingerprint density at radius 2 is 1.57 bits per heavy atom. The number of carbonyl (C=O) groups excluding carboxylic acids is 2. The smallest absolute Gasteiger partial charge is 0.228 e. The van der Waals surface area contributed by atoms with E-state index in [1.165, 1.54) is 0 Å². The quantitative estimate of drug-likeness (QED) is 0.754. The van der Waals surface area contributed by atoms with Gasteiger partial charge in [0.1, 0.15) is 11.6 Å². The molecule has 1 aliphatic rings. The molecule has 0 heterocycles. The van der Waals surface area contributed by atoms with E-state index in [1.54, 1.807) is 0 Å². The van der Waals surface area contributed by atoms with Gasteiger partial charge in [0.2, 0.25) is 11.8 Å². The lowest BCUT2D eigenvalue weighted by molar-refractivity contribution is -0.122. The first kappa shape index (κ1) is 19.8. The Balaban J connectivity index is 1.54. The minimum Gasteiger partial charge on any atom is -0.372 e. The molecule has 2 atom stereocenters. The molecule has 0 saturated heterocycles. The van der Waals surface area contributed by atoms with Crippen LogP contribution >= 0.6 is 0 Å². The number of carbonyl (C=O) groups is 2. The second-order valence-electron chi connectivity index (χ2n) is 6.77. The van der Waals surface area contributed by atoms with Crippen molar-refractivity contribution in [3.63, 3.8) is 0 Å². The summed E-state index contributed by atoms with van der Waals surface area (Å²) in [5.41, 5.74) is 1.65. The molecule has 1 fully saturated rings. The number of nitrogens with zero attached hydrogens (tertiary/aromatic N) is 1. The van der Waals surface area contributed by atoms with Gasteiger partial charge in [-0.1, -0.05) is 0 Å². The van der Waals surface area contributed by atoms with Crippen molar-refractivity contribution >= 4 is 28.9 Å². The lowest BCUT2D eigenvalue weighted by Gasteiger charge is -2.21. The van der Waals surface area contributed by atoms with Crippen molar-refractivity contribution in [3.05, 3.63) is 54.1 Å². The zero-order valence-corrected chi connectivity index (χ0v) is 15.8. The standard InChI is InChI=1S/C21H23F2N3O2/c1-3-26(4-2)15-8-6-14(7-9-15)24-20(27)16-12-17(16)21(28)25-19-10-5-13(22)11-18(19)23/h5-11,16-17H,3-4,12H2,1-2H3,(H,24,27)(H,25,28). The number of benzene rings is 2. The maximum absolute atomic E-state index is 13.6. The van der Waals surface area contributed by atoms with E-state index in [0.29, 0.717) is 18.2 Å². The van der Waals surface area contributed by atoms with Crippen LogP contribution in [0.25, 0.3) is 0 Å². The number of anilines is 3. The van der Waals surface area contributed by atoms with Gasteiger partial charge < -0.3 is 15.5 Å². The molecule has 3 rings (SSSR count). The van der Waals surface area contributed by atoms with Crippen LogP contribution in [0, 0.1) is 23.5 Å². The summed E-state index contributed by atoms with van der Waals surface area (Å²) in [6.45, 7) is 5.95. The molecule has 2 amide bonds. The molecule has 28 heavy (non-hydrogen) atoms. The number of hydrogen-bond donors (Lipinski definition) is 2. The molecule has 2 unspecified atom stereocenters. The summed E-state index contributed by atoms with van der Waals surface area (Å²) in [5, 5.41) is 5.23. The molecule has 2 N–H and O–H groups in total. The zero-order chi connectivity index (χ0) is 20.3. The molecule has 1 saturated carbocycles. The van der Waals surface area contributed by atoms with E-state index < -0.39 is 29.4 Å². The normalized spacial score (nSPS) is 17.7. The summed E-state index contributed by atoms with van der Waals surface area (Å²) in [4.78, 5) is 26.8. The van der Waals surface area contributed by atoms with E-state index in [1.807, 2.05) is 24.3 Å². The monoisotopic (exact) mass is 387 g/mol. The van der Waals surface area contributed by atoms with Gasteiger partial charge in [0.25, 0.3) is 0 Å². The van der Waals surface area contributed by atoms with Gasteiger partial charge in [-0.05, 0) is 56.7 Å². The molecule has 7 heteroatoms. The Hall–Kier alpha value is -2.96. The predicted molar refractivity (Wildman–Crippen MR) is 105 cm³/mol. The summed E-state index contributed by atoms with van der Waals surface area (Å²) in [5.74, 6) is -3.21. The van der Waals surface area contributed by atoms with Crippen LogP contribution in [0.4, 0.5) is 25.8 Å². The average Bonchev–Trinajstić information content (AvgIpc) is 3.47. The molecule has 148 valence electrons. The summed E-state index contributed by atoms with van der Waals surface area (Å²) >= 11 is 0. The van der Waals surface area contributed by atoms with Crippen LogP contribution in [0.2, 0.25) is 0 Å². The molecule has 2 aromatic carbocycles. The van der Waals surface area contributed by atoms with E-state index >= 15 is 0 Å². The Morgan fingerprint density at radius 3 is 2.14 bits per heavy atom. The van der Waals surface area contributed by atoms with E-state index in [4.69, 9.17) is 0 Å². The number of halogens is 2. The molecule has 0 aromatic heterocycles. The van der Waals surface area contributed by atoms with Crippen LogP contribution in [0.3, 0.4) is 0 Å². The van der Waals surface area contributed by atoms with Gasteiger partial charge in [-0.25, -0.2) is 8.78 Å². The third-order valence-electron chi connectivity index (χ3n) is 4.92. The molecule has 2 aromatic rings. The van der Waals surface area contributed by atoms with Crippen molar-refractivity contribution in [2.24, 2.45) is 11.8 Å². The van der Waals surface area contributed by atoms with Crippen molar-refractivity contribution in [1.82, 2.24) is 0 Å². The van der Waals surface area contributed by atoms with Crippen LogP contribution in [0.15, 0.2) is 42.5 Å². The lowest BCUT2D eigenvalue weighted by atomic mass is 10.2. The molecular formula is C21H23F2N3O2. The van der Waals surface area contributed by atoms with Gasteiger partial charge in [-0.2, -0.15) is 0 Å². The average molecular weight is 387 g/mol. The zero-order valence-electron chi connectivity index (χ0n) is 15.8. The highest BCUT2D eigenvalue weighted by molar-refractivity contribution is 6.03. The molecular weight excluding hydrogens is 364 g/mol. The maximum Gasteiger partial charge on any atom is 0.228 e. The summed E-state index contributed by atoms with van der Waals surface area (Å²) in [7, 11) is 0. The molecule has 0 spiro atoms. The van der Waals surface area contributed by atoms with E-state index in [-0.39, 0.29) is 11.6 Å². The van der Waals surface area contributed by atoms with Gasteiger partial charge in [0.15, 0.2) is 0 Å². The highest BCUT2D eigenvalue weighted by Gasteiger charge is 2.48. The van der Waals surface area contributed by atoms with Gasteiger partial charge in [-0.3, -0.25) is 9.59 Å². The summed E-state index contributed by atoms with van der Waals surface area (Å²) in [6, 6.07) is 10.5. The Labute approximate surface area is 162 Å². The topological polar surface area (TPSA) is 61.4 Å². The van der Waals surface area contributed by atoms with Crippen LogP contribution in [0.5, 0.6) is 0 Å². The number of rotatable bonds is 7. The van der Waals surface area contributed by atoms with E-state index in [0.717, 1.165) is 30.9 Å². The third-order valence-corrected chi connectivity index (χ3v) is 4.92. The molecule has 0 bridgehead atoms. The maximum atomic E-state index is 13.6. The first-order chi connectivity index (χ1) is 13.4. The highest BCUT2D eigenvalue weighted by Crippen LogP contribution is 2.40. The van der Waals surface area contributed by atoms with Crippen molar-refractivity contribution in [2.45, 2.75) is 20.3 Å². The second kappa shape index (κ2) is 8.37. The third kappa shape index (κ3) is 4.47. The minimum absolute atomic E-state index is 0.0931. The number of nitrogens with one attached hydrogen (secondary N) is 2. The van der Waals surface area contributed by atoms with E-state index in [9.17, 15) is 18.4 Å². The Kier molecular flexibility index (Phi) is 5.92. The van der Waals surface area contributed by atoms with Gasteiger partial charge >= 0.3 is 0 Å². The summed E-state index contributed by atoms with van der Waals surface area (Å²) < 4.78 is 26.6. The number of amides is 2. The highest BCUT2D eigenvalue weighted by atomic mass is 19.1. The fourth-order valence-corrected chi connectivity index (χ4v) is 3.17. The summed E-state index contributed by atoms with van der Waals surface area (Å²) in [6.07, 6.45) is 0.401. The van der Waals surface area contributed by atoms with Crippen LogP contribution in [-0.4, -0.2) is 24.9 Å². The van der Waals surface area contributed by atoms with Gasteiger partial charge in [0.05, 0.1) is 17.5 Å². The van der Waals surface area contributed by atoms with Crippen molar-refractivity contribution in [2.75, 3.05) is 28.6 Å². The molecule has 5 nitrogen and oxygen atoms in total. The Morgan fingerprint density at radius 1 is 0.964 bits per heavy atom. The molecule has 0 radical (unpaired) electrons. The first-order valence-corrected chi connectivity index (χ1v) is 9.34. The first-order valence-electron chi connectivity index (χ1n) is 9.34. The Bertz CT molecular complexity index is 866. The van der Waals surface area contributed by atoms with Crippen molar-refractivity contribution < 1.29 is 18.4 Å².